The molecule has 0 unspecified atom stereocenters. The summed E-state index contributed by atoms with van der Waals surface area (Å²) in [5.74, 6) is 3.13. The normalized spacial score (nSPS) is 21.3. The fourth-order valence-electron chi connectivity index (χ4n) is 1.37. The quantitative estimate of drug-likeness (QED) is 0.628. The Hall–Kier alpha value is -1.18. The molecule has 61 valence electrons. The maximum atomic E-state index is 5.57. The summed E-state index contributed by atoms with van der Waals surface area (Å²) in [6, 6.07) is 7.81. The van der Waals surface area contributed by atoms with Gasteiger partial charge in [0, 0.05) is 0 Å². The monoisotopic (exact) mass is 161 g/mol. The average Bonchev–Trinajstić information content (AvgIpc) is 2.85. The fourth-order valence-corrected chi connectivity index (χ4v) is 1.37. The lowest BCUT2D eigenvalue weighted by Gasteiger charge is -2.06. The van der Waals surface area contributed by atoms with Crippen LogP contribution in [-0.2, 0) is 0 Å². The highest BCUT2D eigenvalue weighted by Gasteiger charge is 2.39. The van der Waals surface area contributed by atoms with Crippen molar-refractivity contribution in [3.63, 3.8) is 0 Å². The van der Waals surface area contributed by atoms with Gasteiger partial charge in [0.25, 0.3) is 0 Å². The third-order valence-electron chi connectivity index (χ3n) is 2.19. The minimum absolute atomic E-state index is 0.0811. The molecule has 2 nitrogen and oxygen atoms in total. The first-order valence-electron chi connectivity index (χ1n) is 4.20. The van der Waals surface area contributed by atoms with Crippen LogP contribution in [-0.4, -0.2) is 6.29 Å². The van der Waals surface area contributed by atoms with E-state index in [0.29, 0.717) is 0 Å². The van der Waals surface area contributed by atoms with Gasteiger partial charge in [-0.15, -0.1) is 0 Å². The molecule has 12 heavy (non-hydrogen) atoms. The standard InChI is InChI=1S/C10H9O2/c1-2-4-9-8(3-1)11-10(12-9)7-5-6-7/h1-4,10H,5-6H2. The van der Waals surface area contributed by atoms with Gasteiger partial charge in [-0.2, -0.15) is 0 Å². The molecule has 1 heterocycles. The molecule has 0 bridgehead atoms. The molecule has 1 aromatic rings. The maximum Gasteiger partial charge on any atom is 0.247 e. The molecule has 3 rings (SSSR count). The van der Waals surface area contributed by atoms with Gasteiger partial charge in [-0.25, -0.2) is 0 Å². The van der Waals surface area contributed by atoms with Gasteiger partial charge in [0.1, 0.15) is 0 Å². The number of hydrogen-bond acceptors (Lipinski definition) is 2. The summed E-state index contributed by atoms with van der Waals surface area (Å²) in [5.41, 5.74) is 0. The lowest BCUT2D eigenvalue weighted by atomic mass is 10.3. The smallest absolute Gasteiger partial charge is 0.247 e. The topological polar surface area (TPSA) is 18.5 Å². The van der Waals surface area contributed by atoms with Crippen molar-refractivity contribution in [2.24, 2.45) is 0 Å². The molecule has 2 aliphatic rings. The fraction of sp³-hybridized carbons (Fsp3) is 0.300. The van der Waals surface area contributed by atoms with E-state index in [9.17, 15) is 0 Å². The molecule has 0 saturated heterocycles. The van der Waals surface area contributed by atoms with Crippen LogP contribution in [0.4, 0.5) is 0 Å². The summed E-state index contributed by atoms with van der Waals surface area (Å²) in [6.07, 6.45) is 2.25. The van der Waals surface area contributed by atoms with E-state index in [0.717, 1.165) is 11.5 Å². The van der Waals surface area contributed by atoms with Crippen LogP contribution in [0, 0.1) is 5.92 Å². The van der Waals surface area contributed by atoms with Crippen LogP contribution in [0.5, 0.6) is 11.5 Å². The molecule has 0 atom stereocenters. The molecule has 0 amide bonds. The van der Waals surface area contributed by atoms with Crippen LogP contribution < -0.4 is 9.47 Å². The van der Waals surface area contributed by atoms with Gasteiger partial charge < -0.3 is 9.47 Å². The molecular weight excluding hydrogens is 152 g/mol. The third kappa shape index (κ3) is 0.876. The first-order valence-corrected chi connectivity index (χ1v) is 4.20. The summed E-state index contributed by atoms with van der Waals surface area (Å²) in [4.78, 5) is 0. The Morgan fingerprint density at radius 3 is 2.08 bits per heavy atom. The zero-order valence-corrected chi connectivity index (χ0v) is 6.62. The van der Waals surface area contributed by atoms with E-state index in [4.69, 9.17) is 9.47 Å². The minimum atomic E-state index is -0.0811. The van der Waals surface area contributed by atoms with Crippen molar-refractivity contribution in [2.75, 3.05) is 0 Å². The largest absolute Gasteiger partial charge is 0.450 e. The van der Waals surface area contributed by atoms with Crippen molar-refractivity contribution in [3.8, 4) is 11.5 Å². The second kappa shape index (κ2) is 2.16. The predicted molar refractivity (Wildman–Crippen MR) is 44.0 cm³/mol. The van der Waals surface area contributed by atoms with Gasteiger partial charge in [0.05, 0.1) is 5.92 Å². The molecule has 1 aliphatic carbocycles. The summed E-state index contributed by atoms with van der Waals surface area (Å²) >= 11 is 0. The lowest BCUT2D eigenvalue weighted by molar-refractivity contribution is 0.0742. The first-order chi connectivity index (χ1) is 5.93. The highest BCUT2D eigenvalue weighted by Crippen LogP contribution is 2.44. The van der Waals surface area contributed by atoms with Gasteiger partial charge in [0.15, 0.2) is 11.5 Å². The van der Waals surface area contributed by atoms with E-state index in [1.807, 2.05) is 24.3 Å². The molecular formula is C10H9O2. The summed E-state index contributed by atoms with van der Waals surface area (Å²) in [6.45, 7) is 0. The number of rotatable bonds is 1. The van der Waals surface area contributed by atoms with Crippen molar-refractivity contribution in [1.82, 2.24) is 0 Å². The van der Waals surface area contributed by atoms with Crippen LogP contribution in [0.3, 0.4) is 0 Å². The summed E-state index contributed by atoms with van der Waals surface area (Å²) in [7, 11) is 0. The van der Waals surface area contributed by atoms with Crippen LogP contribution in [0.25, 0.3) is 0 Å². The van der Waals surface area contributed by atoms with Gasteiger partial charge in [-0.3, -0.25) is 0 Å². The Morgan fingerprint density at radius 1 is 1.00 bits per heavy atom. The van der Waals surface area contributed by atoms with Crippen LogP contribution in [0.2, 0.25) is 0 Å². The van der Waals surface area contributed by atoms with Crippen LogP contribution in [0.15, 0.2) is 24.3 Å². The molecule has 1 fully saturated rings. The molecule has 1 aromatic carbocycles. The molecule has 2 heteroatoms. The van der Waals surface area contributed by atoms with Gasteiger partial charge in [-0.05, 0) is 25.0 Å². The molecule has 1 aliphatic heterocycles. The Bertz CT molecular complexity index is 279. The SMILES string of the molecule is c1ccc2c(c1)OC([C]1CC1)O2. The van der Waals surface area contributed by atoms with E-state index in [1.54, 1.807) is 0 Å². The Labute approximate surface area is 71.1 Å². The van der Waals surface area contributed by atoms with E-state index < -0.39 is 0 Å². The molecule has 0 spiro atoms. The number of ether oxygens (including phenoxy) is 2. The second-order valence-corrected chi connectivity index (χ2v) is 3.17. The van der Waals surface area contributed by atoms with E-state index in [1.165, 1.54) is 18.8 Å². The first kappa shape index (κ1) is 6.35. The predicted octanol–water partition coefficient (Wildman–Crippen LogP) is 2.15. The third-order valence-corrected chi connectivity index (χ3v) is 2.19. The Balaban J connectivity index is 1.89. The van der Waals surface area contributed by atoms with Crippen LogP contribution in [0.1, 0.15) is 12.8 Å². The summed E-state index contributed by atoms with van der Waals surface area (Å²) in [5, 5.41) is 0. The van der Waals surface area contributed by atoms with Crippen LogP contribution >= 0.6 is 0 Å². The second-order valence-electron chi connectivity index (χ2n) is 3.17. The number of fused-ring (bicyclic) bond motifs is 1. The molecule has 0 N–H and O–H groups in total. The lowest BCUT2D eigenvalue weighted by Crippen LogP contribution is -2.18. The maximum absolute atomic E-state index is 5.57. The van der Waals surface area contributed by atoms with Crippen molar-refractivity contribution < 1.29 is 9.47 Å². The van der Waals surface area contributed by atoms with Crippen molar-refractivity contribution in [3.05, 3.63) is 30.2 Å². The van der Waals surface area contributed by atoms with Gasteiger partial charge in [-0.1, -0.05) is 12.1 Å². The summed E-state index contributed by atoms with van der Waals surface area (Å²) < 4.78 is 11.1. The zero-order valence-electron chi connectivity index (χ0n) is 6.62. The Morgan fingerprint density at radius 2 is 1.58 bits per heavy atom. The van der Waals surface area contributed by atoms with Crippen molar-refractivity contribution in [1.29, 1.82) is 0 Å². The molecule has 0 aromatic heterocycles. The highest BCUT2D eigenvalue weighted by atomic mass is 16.7. The number of para-hydroxylation sites is 2. The molecule has 1 saturated carbocycles. The van der Waals surface area contributed by atoms with Gasteiger partial charge >= 0.3 is 0 Å². The van der Waals surface area contributed by atoms with Crippen molar-refractivity contribution in [2.45, 2.75) is 19.1 Å². The highest BCUT2D eigenvalue weighted by molar-refractivity contribution is 5.43. The minimum Gasteiger partial charge on any atom is -0.450 e. The zero-order chi connectivity index (χ0) is 7.97. The number of hydrogen-bond donors (Lipinski definition) is 0. The van der Waals surface area contributed by atoms with E-state index >= 15 is 0 Å². The molecule has 1 radical (unpaired) electrons. The van der Waals surface area contributed by atoms with Gasteiger partial charge in [0.2, 0.25) is 6.29 Å². The van der Waals surface area contributed by atoms with E-state index in [-0.39, 0.29) is 6.29 Å². The average molecular weight is 161 g/mol. The van der Waals surface area contributed by atoms with E-state index in [2.05, 4.69) is 0 Å². The Kier molecular flexibility index (Phi) is 1.14. The van der Waals surface area contributed by atoms with Crippen molar-refractivity contribution >= 4 is 0 Å². The number of benzene rings is 1.